The number of aryl methyl sites for hydroxylation is 1. The molecule has 1 aliphatic carbocycles. The summed E-state index contributed by atoms with van der Waals surface area (Å²) in [7, 11) is 1.84. The standard InChI is InChI=1S/C19H30N6O/c1-23-14-17(12-20-23)25-19(26)21-18(22-25)16-8-5-10-24(13-16)11-9-15-6-3-2-4-7-15/h12,14-16H,2-11,13H2,1H3,(H,21,22,26)/t16-/m0/s1. The fraction of sp³-hybridized carbons (Fsp3) is 0.737. The Kier molecular flexibility index (Phi) is 5.24. The van der Waals surface area contributed by atoms with Gasteiger partial charge in [0.15, 0.2) is 0 Å². The number of aromatic nitrogens is 5. The molecule has 1 saturated heterocycles. The molecule has 1 saturated carbocycles. The molecule has 3 heterocycles. The number of nitrogens with one attached hydrogen (secondary N) is 1. The molecule has 7 heteroatoms. The van der Waals surface area contributed by atoms with Gasteiger partial charge in [-0.25, -0.2) is 4.79 Å². The van der Waals surface area contributed by atoms with Crippen molar-refractivity contribution >= 4 is 0 Å². The van der Waals surface area contributed by atoms with E-state index in [0.29, 0.717) is 11.6 Å². The SMILES string of the molecule is Cn1cc(-n2nc([C@H]3CCCN(CCC4CCCCC4)C3)[nH]c2=O)cn1. The van der Waals surface area contributed by atoms with Gasteiger partial charge in [0.25, 0.3) is 0 Å². The summed E-state index contributed by atoms with van der Waals surface area (Å²) in [5.41, 5.74) is 0.539. The van der Waals surface area contributed by atoms with Crippen LogP contribution in [0, 0.1) is 5.92 Å². The smallest absolute Gasteiger partial charge is 0.303 e. The van der Waals surface area contributed by atoms with E-state index in [4.69, 9.17) is 0 Å². The number of likely N-dealkylation sites (tertiary alicyclic amines) is 1. The first-order chi connectivity index (χ1) is 12.7. The fourth-order valence-electron chi connectivity index (χ4n) is 4.54. The number of hydrogen-bond acceptors (Lipinski definition) is 4. The van der Waals surface area contributed by atoms with Crippen LogP contribution in [0.5, 0.6) is 0 Å². The summed E-state index contributed by atoms with van der Waals surface area (Å²) in [6, 6.07) is 0. The molecular formula is C19H30N6O. The maximum atomic E-state index is 12.3. The van der Waals surface area contributed by atoms with E-state index in [9.17, 15) is 4.79 Å². The van der Waals surface area contributed by atoms with E-state index in [0.717, 1.165) is 24.7 Å². The fourth-order valence-corrected chi connectivity index (χ4v) is 4.54. The molecule has 7 nitrogen and oxygen atoms in total. The lowest BCUT2D eigenvalue weighted by Crippen LogP contribution is -2.36. The Bertz CT molecular complexity index is 769. The van der Waals surface area contributed by atoms with E-state index in [1.165, 1.54) is 62.7 Å². The van der Waals surface area contributed by atoms with Crippen LogP contribution in [0.25, 0.3) is 5.69 Å². The van der Waals surface area contributed by atoms with Gasteiger partial charge in [-0.2, -0.15) is 9.78 Å². The van der Waals surface area contributed by atoms with Crippen LogP contribution in [0.15, 0.2) is 17.2 Å². The lowest BCUT2D eigenvalue weighted by atomic mass is 9.86. The second-order valence-electron chi connectivity index (χ2n) is 8.03. The summed E-state index contributed by atoms with van der Waals surface area (Å²) in [6.45, 7) is 3.37. The Balaban J connectivity index is 1.39. The first kappa shape index (κ1) is 17.5. The summed E-state index contributed by atoms with van der Waals surface area (Å²) in [4.78, 5) is 17.9. The van der Waals surface area contributed by atoms with Crippen LogP contribution < -0.4 is 5.69 Å². The molecule has 2 aliphatic rings. The van der Waals surface area contributed by atoms with Crippen LogP contribution in [-0.4, -0.2) is 49.1 Å². The molecule has 2 fully saturated rings. The van der Waals surface area contributed by atoms with Crippen molar-refractivity contribution in [1.82, 2.24) is 29.4 Å². The second-order valence-corrected chi connectivity index (χ2v) is 8.03. The Morgan fingerprint density at radius 3 is 2.81 bits per heavy atom. The van der Waals surface area contributed by atoms with Crippen molar-refractivity contribution in [2.45, 2.75) is 57.3 Å². The van der Waals surface area contributed by atoms with Crippen molar-refractivity contribution in [1.29, 1.82) is 0 Å². The number of rotatable bonds is 5. The highest BCUT2D eigenvalue weighted by molar-refractivity contribution is 5.23. The van der Waals surface area contributed by atoms with Crippen molar-refractivity contribution in [2.24, 2.45) is 13.0 Å². The number of aromatic amines is 1. The summed E-state index contributed by atoms with van der Waals surface area (Å²) in [5, 5.41) is 8.70. The third-order valence-electron chi connectivity index (χ3n) is 6.04. The number of hydrogen-bond donors (Lipinski definition) is 1. The lowest BCUT2D eigenvalue weighted by molar-refractivity contribution is 0.182. The normalized spacial score (nSPS) is 22.7. The average molecular weight is 358 g/mol. The van der Waals surface area contributed by atoms with Crippen molar-refractivity contribution in [3.63, 3.8) is 0 Å². The van der Waals surface area contributed by atoms with Crippen molar-refractivity contribution in [3.8, 4) is 5.69 Å². The minimum atomic E-state index is -0.174. The quantitative estimate of drug-likeness (QED) is 0.891. The third-order valence-corrected chi connectivity index (χ3v) is 6.04. The average Bonchev–Trinajstić information content (AvgIpc) is 3.27. The summed E-state index contributed by atoms with van der Waals surface area (Å²) in [6.07, 6.45) is 14.2. The van der Waals surface area contributed by atoms with Crippen LogP contribution >= 0.6 is 0 Å². The van der Waals surface area contributed by atoms with Gasteiger partial charge in [0.05, 0.1) is 12.4 Å². The molecule has 1 atom stereocenters. The molecule has 0 radical (unpaired) electrons. The van der Waals surface area contributed by atoms with Crippen LogP contribution in [-0.2, 0) is 7.05 Å². The summed E-state index contributed by atoms with van der Waals surface area (Å²) in [5.74, 6) is 2.07. The predicted octanol–water partition coefficient (Wildman–Crippen LogP) is 2.44. The summed E-state index contributed by atoms with van der Waals surface area (Å²) >= 11 is 0. The zero-order chi connectivity index (χ0) is 17.9. The van der Waals surface area contributed by atoms with Gasteiger partial charge in [-0.1, -0.05) is 32.1 Å². The van der Waals surface area contributed by atoms with Crippen molar-refractivity contribution < 1.29 is 0 Å². The van der Waals surface area contributed by atoms with Gasteiger partial charge >= 0.3 is 5.69 Å². The molecule has 1 N–H and O–H groups in total. The Morgan fingerprint density at radius 2 is 2.04 bits per heavy atom. The predicted molar refractivity (Wildman–Crippen MR) is 101 cm³/mol. The lowest BCUT2D eigenvalue weighted by Gasteiger charge is -2.33. The topological polar surface area (TPSA) is 71.7 Å². The maximum Gasteiger partial charge on any atom is 0.348 e. The minimum absolute atomic E-state index is 0.174. The molecule has 0 amide bonds. The Morgan fingerprint density at radius 1 is 1.19 bits per heavy atom. The number of piperidine rings is 1. The molecule has 2 aromatic heterocycles. The molecule has 0 bridgehead atoms. The molecule has 142 valence electrons. The zero-order valence-electron chi connectivity index (χ0n) is 15.7. The van der Waals surface area contributed by atoms with Crippen molar-refractivity contribution in [3.05, 3.63) is 28.7 Å². The van der Waals surface area contributed by atoms with Crippen LogP contribution in [0.4, 0.5) is 0 Å². The van der Waals surface area contributed by atoms with Gasteiger partial charge < -0.3 is 4.90 Å². The van der Waals surface area contributed by atoms with E-state index in [-0.39, 0.29) is 5.69 Å². The Hall–Kier alpha value is -1.89. The second kappa shape index (κ2) is 7.78. The van der Waals surface area contributed by atoms with Gasteiger partial charge in [0.2, 0.25) is 0 Å². The van der Waals surface area contributed by atoms with Crippen LogP contribution in [0.2, 0.25) is 0 Å². The van der Waals surface area contributed by atoms with Gasteiger partial charge in [-0.05, 0) is 38.3 Å². The highest BCUT2D eigenvalue weighted by atomic mass is 16.2. The monoisotopic (exact) mass is 358 g/mol. The van der Waals surface area contributed by atoms with Crippen molar-refractivity contribution in [2.75, 3.05) is 19.6 Å². The third kappa shape index (κ3) is 3.92. The zero-order valence-corrected chi connectivity index (χ0v) is 15.7. The Labute approximate surface area is 154 Å². The number of H-pyrrole nitrogens is 1. The molecule has 0 aromatic carbocycles. The molecule has 26 heavy (non-hydrogen) atoms. The van der Waals surface area contributed by atoms with E-state index in [1.54, 1.807) is 10.9 Å². The first-order valence-electron chi connectivity index (χ1n) is 10.1. The molecule has 2 aromatic rings. The maximum absolute atomic E-state index is 12.3. The first-order valence-corrected chi connectivity index (χ1v) is 10.1. The molecule has 1 aliphatic heterocycles. The molecular weight excluding hydrogens is 328 g/mol. The van der Waals surface area contributed by atoms with Crippen LogP contribution in [0.1, 0.15) is 63.1 Å². The van der Waals surface area contributed by atoms with E-state index >= 15 is 0 Å². The van der Waals surface area contributed by atoms with E-state index < -0.39 is 0 Å². The highest BCUT2D eigenvalue weighted by Crippen LogP contribution is 2.28. The highest BCUT2D eigenvalue weighted by Gasteiger charge is 2.25. The largest absolute Gasteiger partial charge is 0.348 e. The van der Waals surface area contributed by atoms with Crippen LogP contribution in [0.3, 0.4) is 0 Å². The number of nitrogens with zero attached hydrogens (tertiary/aromatic N) is 5. The molecule has 0 spiro atoms. The van der Waals surface area contributed by atoms with Gasteiger partial charge in [-0.15, -0.1) is 5.10 Å². The molecule has 0 unspecified atom stereocenters. The van der Waals surface area contributed by atoms with Gasteiger partial charge in [0, 0.05) is 19.5 Å². The minimum Gasteiger partial charge on any atom is -0.303 e. The van der Waals surface area contributed by atoms with Gasteiger partial charge in [0.1, 0.15) is 11.5 Å². The summed E-state index contributed by atoms with van der Waals surface area (Å²) < 4.78 is 3.12. The van der Waals surface area contributed by atoms with E-state index in [1.807, 2.05) is 13.2 Å². The van der Waals surface area contributed by atoms with Gasteiger partial charge in [-0.3, -0.25) is 9.67 Å². The van der Waals surface area contributed by atoms with E-state index in [2.05, 4.69) is 20.1 Å². The molecule has 4 rings (SSSR count).